The van der Waals surface area contributed by atoms with Crippen molar-refractivity contribution in [1.29, 1.82) is 0 Å². The highest BCUT2D eigenvalue weighted by Crippen LogP contribution is 2.49. The molecular weight excluding hydrogens is 380 g/mol. The SMILES string of the molecule is c1cc(C2CC3CCC2CC3)cc(-c2cnc3oc4cc5c(cc4c3c2)CCCC5)n1. The molecule has 3 nitrogen and oxygen atoms in total. The smallest absolute Gasteiger partial charge is 0.227 e. The molecular formula is C28H28N2O. The van der Waals surface area contributed by atoms with Crippen molar-refractivity contribution in [3.63, 3.8) is 0 Å². The van der Waals surface area contributed by atoms with Gasteiger partial charge in [-0.3, -0.25) is 4.98 Å². The Morgan fingerprint density at radius 1 is 0.839 bits per heavy atom. The maximum atomic E-state index is 6.13. The van der Waals surface area contributed by atoms with E-state index in [1.165, 1.54) is 79.9 Å². The molecule has 0 amide bonds. The van der Waals surface area contributed by atoms with E-state index in [1.54, 1.807) is 0 Å². The number of hydrogen-bond acceptors (Lipinski definition) is 3. The third-order valence-corrected chi connectivity index (χ3v) is 8.35. The van der Waals surface area contributed by atoms with Crippen LogP contribution in [0.2, 0.25) is 0 Å². The third kappa shape index (κ3) is 2.93. The molecule has 4 aromatic rings. The molecule has 0 saturated heterocycles. The Hall–Kier alpha value is -2.68. The monoisotopic (exact) mass is 408 g/mol. The Labute approximate surface area is 182 Å². The van der Waals surface area contributed by atoms with E-state index in [-0.39, 0.29) is 0 Å². The number of rotatable bonds is 2. The Bertz CT molecular complexity index is 1300. The van der Waals surface area contributed by atoms with Crippen molar-refractivity contribution in [1.82, 2.24) is 9.97 Å². The van der Waals surface area contributed by atoms with E-state index < -0.39 is 0 Å². The van der Waals surface area contributed by atoms with Crippen molar-refractivity contribution < 1.29 is 4.42 Å². The van der Waals surface area contributed by atoms with Crippen LogP contribution in [0.4, 0.5) is 0 Å². The number of aryl methyl sites for hydroxylation is 2. The van der Waals surface area contributed by atoms with E-state index in [4.69, 9.17) is 14.4 Å². The van der Waals surface area contributed by atoms with Gasteiger partial charge in [0.2, 0.25) is 5.71 Å². The van der Waals surface area contributed by atoms with Crippen LogP contribution in [0.1, 0.15) is 67.6 Å². The minimum atomic E-state index is 0.715. The molecule has 31 heavy (non-hydrogen) atoms. The van der Waals surface area contributed by atoms with Gasteiger partial charge in [0.05, 0.1) is 5.69 Å². The first-order valence-electron chi connectivity index (χ1n) is 12.1. The summed E-state index contributed by atoms with van der Waals surface area (Å²) in [6.07, 6.45) is 15.9. The summed E-state index contributed by atoms with van der Waals surface area (Å²) in [6.45, 7) is 0. The number of benzene rings is 1. The zero-order valence-corrected chi connectivity index (χ0v) is 17.9. The van der Waals surface area contributed by atoms with E-state index in [1.807, 2.05) is 12.4 Å². The predicted octanol–water partition coefficient (Wildman–Crippen LogP) is 7.22. The molecule has 0 radical (unpaired) electrons. The van der Waals surface area contributed by atoms with Crippen molar-refractivity contribution in [2.75, 3.05) is 0 Å². The number of aromatic nitrogens is 2. The summed E-state index contributed by atoms with van der Waals surface area (Å²) in [5, 5.41) is 2.32. The minimum Gasteiger partial charge on any atom is -0.438 e. The molecule has 3 heterocycles. The van der Waals surface area contributed by atoms with Gasteiger partial charge in [0, 0.05) is 28.7 Å². The highest BCUT2D eigenvalue weighted by atomic mass is 16.3. The molecule has 2 bridgehead atoms. The van der Waals surface area contributed by atoms with Gasteiger partial charge in [0.15, 0.2) is 0 Å². The van der Waals surface area contributed by atoms with Gasteiger partial charge in [-0.05, 0) is 110 Å². The second-order valence-electron chi connectivity index (χ2n) is 10.1. The maximum Gasteiger partial charge on any atom is 0.227 e. The first kappa shape index (κ1) is 17.9. The fraction of sp³-hybridized carbons (Fsp3) is 0.429. The second kappa shape index (κ2) is 6.91. The molecule has 0 spiro atoms. The van der Waals surface area contributed by atoms with Gasteiger partial charge in [-0.25, -0.2) is 4.98 Å². The quantitative estimate of drug-likeness (QED) is 0.351. The van der Waals surface area contributed by atoms with E-state index in [0.29, 0.717) is 5.92 Å². The highest BCUT2D eigenvalue weighted by Gasteiger charge is 2.36. The molecule has 4 aliphatic rings. The van der Waals surface area contributed by atoms with Crippen molar-refractivity contribution in [3.05, 3.63) is 59.4 Å². The second-order valence-corrected chi connectivity index (χ2v) is 10.1. The minimum absolute atomic E-state index is 0.715. The molecule has 1 atom stereocenters. The third-order valence-electron chi connectivity index (χ3n) is 8.35. The standard InChI is InChI=1S/C28H28N2O/c1-2-4-20-15-27-24(12-19(20)3-1)25-13-22(16-30-28(25)31-27)26-14-21(9-10-29-26)23-11-17-5-7-18(23)8-6-17/h9-10,12-18,23H,1-8,11H2. The number of hydrogen-bond donors (Lipinski definition) is 0. The van der Waals surface area contributed by atoms with Crippen molar-refractivity contribution >= 4 is 22.1 Å². The lowest BCUT2D eigenvalue weighted by Crippen LogP contribution is -2.29. The summed E-state index contributed by atoms with van der Waals surface area (Å²) in [6, 6.07) is 11.4. The normalized spacial score (nSPS) is 25.2. The van der Waals surface area contributed by atoms with Crippen LogP contribution in [0.25, 0.3) is 33.3 Å². The molecule has 0 aliphatic heterocycles. The van der Waals surface area contributed by atoms with Crippen LogP contribution < -0.4 is 0 Å². The van der Waals surface area contributed by atoms with Crippen LogP contribution in [-0.4, -0.2) is 9.97 Å². The number of nitrogens with zero attached hydrogens (tertiary/aromatic N) is 2. The molecule has 4 aliphatic carbocycles. The van der Waals surface area contributed by atoms with Crippen LogP contribution in [0.3, 0.4) is 0 Å². The van der Waals surface area contributed by atoms with Crippen LogP contribution in [0.5, 0.6) is 0 Å². The lowest BCUT2D eigenvalue weighted by atomic mass is 9.63. The van der Waals surface area contributed by atoms with Gasteiger partial charge >= 0.3 is 0 Å². The van der Waals surface area contributed by atoms with E-state index in [2.05, 4.69) is 30.3 Å². The fourth-order valence-corrected chi connectivity index (χ4v) is 6.65. The molecule has 3 heteroatoms. The Morgan fingerprint density at radius 3 is 2.48 bits per heavy atom. The van der Waals surface area contributed by atoms with Gasteiger partial charge in [-0.2, -0.15) is 0 Å². The van der Waals surface area contributed by atoms with Crippen LogP contribution >= 0.6 is 0 Å². The predicted molar refractivity (Wildman–Crippen MR) is 124 cm³/mol. The zero-order chi connectivity index (χ0) is 20.4. The summed E-state index contributed by atoms with van der Waals surface area (Å²) in [4.78, 5) is 9.43. The molecule has 3 fully saturated rings. The molecule has 1 aromatic carbocycles. The summed E-state index contributed by atoms with van der Waals surface area (Å²) < 4.78 is 6.13. The van der Waals surface area contributed by atoms with Crippen molar-refractivity contribution in [3.8, 4) is 11.3 Å². The fourth-order valence-electron chi connectivity index (χ4n) is 6.65. The van der Waals surface area contributed by atoms with Crippen LogP contribution in [0, 0.1) is 11.8 Å². The first-order valence-corrected chi connectivity index (χ1v) is 12.1. The van der Waals surface area contributed by atoms with Gasteiger partial charge in [0.25, 0.3) is 0 Å². The largest absolute Gasteiger partial charge is 0.438 e. The van der Waals surface area contributed by atoms with E-state index >= 15 is 0 Å². The summed E-state index contributed by atoms with van der Waals surface area (Å²) in [5.41, 5.74) is 8.26. The van der Waals surface area contributed by atoms with Crippen LogP contribution in [-0.2, 0) is 12.8 Å². The summed E-state index contributed by atoms with van der Waals surface area (Å²) in [7, 11) is 0. The zero-order valence-electron chi connectivity index (χ0n) is 17.9. The summed E-state index contributed by atoms with van der Waals surface area (Å²) in [5.74, 6) is 2.52. The summed E-state index contributed by atoms with van der Waals surface area (Å²) >= 11 is 0. The Balaban J connectivity index is 1.31. The molecule has 3 aromatic heterocycles. The first-order chi connectivity index (χ1) is 15.3. The van der Waals surface area contributed by atoms with Gasteiger partial charge < -0.3 is 4.42 Å². The number of pyridine rings is 2. The van der Waals surface area contributed by atoms with E-state index in [9.17, 15) is 0 Å². The topological polar surface area (TPSA) is 38.9 Å². The Morgan fingerprint density at radius 2 is 1.68 bits per heavy atom. The van der Waals surface area contributed by atoms with Gasteiger partial charge in [-0.1, -0.05) is 12.8 Å². The Kier molecular flexibility index (Phi) is 4.00. The van der Waals surface area contributed by atoms with Gasteiger partial charge in [0.1, 0.15) is 5.58 Å². The van der Waals surface area contributed by atoms with Crippen LogP contribution in [0.15, 0.2) is 47.1 Å². The lowest BCUT2D eigenvalue weighted by molar-refractivity contribution is 0.145. The molecule has 1 unspecified atom stereocenters. The molecule has 3 saturated carbocycles. The lowest BCUT2D eigenvalue weighted by Gasteiger charge is -2.42. The molecule has 0 N–H and O–H groups in total. The van der Waals surface area contributed by atoms with Crippen molar-refractivity contribution in [2.45, 2.75) is 63.7 Å². The number of fused-ring (bicyclic) bond motifs is 7. The average molecular weight is 409 g/mol. The van der Waals surface area contributed by atoms with E-state index in [0.717, 1.165) is 39.8 Å². The molecule has 156 valence electrons. The van der Waals surface area contributed by atoms with Crippen molar-refractivity contribution in [2.24, 2.45) is 11.8 Å². The number of furan rings is 1. The molecule has 8 rings (SSSR count). The maximum absolute atomic E-state index is 6.13. The highest BCUT2D eigenvalue weighted by molar-refractivity contribution is 6.05. The average Bonchev–Trinajstić information content (AvgIpc) is 3.20. The van der Waals surface area contributed by atoms with Gasteiger partial charge in [-0.15, -0.1) is 0 Å².